The van der Waals surface area contributed by atoms with Gasteiger partial charge in [-0.25, -0.2) is 13.8 Å². The third-order valence-electron chi connectivity index (χ3n) is 6.77. The fraction of sp³-hybridized carbons (Fsp3) is 0.212. The summed E-state index contributed by atoms with van der Waals surface area (Å²) in [6, 6.07) is 21.9. The van der Waals surface area contributed by atoms with Crippen LogP contribution in [0.5, 0.6) is 34.5 Å². The molecule has 1 amide bonds. The molecule has 4 rings (SSSR count). The summed E-state index contributed by atoms with van der Waals surface area (Å²) in [6.45, 7) is -0.323. The minimum absolute atomic E-state index is 0.0699. The van der Waals surface area contributed by atoms with E-state index in [0.29, 0.717) is 39.6 Å². The number of nitrogens with one attached hydrogen (secondary N) is 1. The topological polar surface area (TPSA) is 134 Å². The third kappa shape index (κ3) is 8.45. The minimum Gasteiger partial charge on any atom is -0.497 e. The van der Waals surface area contributed by atoms with Crippen LogP contribution in [0.3, 0.4) is 0 Å². The van der Waals surface area contributed by atoms with Crippen molar-refractivity contribution >= 4 is 43.8 Å². The second-order valence-corrected chi connectivity index (χ2v) is 12.4. The number of halogens is 1. The van der Waals surface area contributed by atoms with Crippen molar-refractivity contribution in [1.29, 1.82) is 0 Å². The third-order valence-corrected chi connectivity index (χ3v) is 9.11. The fourth-order valence-corrected chi connectivity index (χ4v) is 6.44. The highest BCUT2D eigenvalue weighted by Gasteiger charge is 2.31. The fourth-order valence-electron chi connectivity index (χ4n) is 4.42. The Hall–Kier alpha value is -4.95. The van der Waals surface area contributed by atoms with E-state index in [2.05, 4.69) is 26.5 Å². The van der Waals surface area contributed by atoms with E-state index in [1.54, 1.807) is 24.3 Å². The van der Waals surface area contributed by atoms with Crippen LogP contribution < -0.4 is 38.2 Å². The highest BCUT2D eigenvalue weighted by Crippen LogP contribution is 2.38. The van der Waals surface area contributed by atoms with Crippen LogP contribution in [0.25, 0.3) is 0 Å². The van der Waals surface area contributed by atoms with Crippen LogP contribution in [0.2, 0.25) is 0 Å². The number of benzene rings is 4. The van der Waals surface area contributed by atoms with Crippen LogP contribution >= 0.6 is 15.9 Å². The van der Waals surface area contributed by atoms with E-state index in [1.807, 2.05) is 30.3 Å². The first-order valence-corrected chi connectivity index (χ1v) is 16.2. The van der Waals surface area contributed by atoms with E-state index in [0.717, 1.165) is 9.87 Å². The number of hydrogen-bond acceptors (Lipinski definition) is 10. The van der Waals surface area contributed by atoms with Crippen LogP contribution in [0.15, 0.2) is 93.3 Å². The second-order valence-electron chi connectivity index (χ2n) is 9.67. The normalized spacial score (nSPS) is 11.1. The molecule has 0 heterocycles. The van der Waals surface area contributed by atoms with Crippen LogP contribution in [-0.2, 0) is 21.4 Å². The van der Waals surface area contributed by atoms with Crippen molar-refractivity contribution in [2.24, 2.45) is 5.10 Å². The Balaban J connectivity index is 1.59. The maximum Gasteiger partial charge on any atom is 0.265 e. The van der Waals surface area contributed by atoms with Gasteiger partial charge in [0.25, 0.3) is 15.9 Å². The first kappa shape index (κ1) is 34.9. The summed E-state index contributed by atoms with van der Waals surface area (Å²) in [4.78, 5) is 13.1. The molecule has 0 aliphatic carbocycles. The van der Waals surface area contributed by atoms with Crippen LogP contribution in [0.4, 0.5) is 5.69 Å². The molecule has 1 N–H and O–H groups in total. The molecule has 248 valence electrons. The van der Waals surface area contributed by atoms with Crippen molar-refractivity contribution in [1.82, 2.24) is 5.43 Å². The Labute approximate surface area is 282 Å². The smallest absolute Gasteiger partial charge is 0.265 e. The van der Waals surface area contributed by atoms with E-state index in [1.165, 1.54) is 66.0 Å². The zero-order valence-electron chi connectivity index (χ0n) is 26.4. The number of sulfonamides is 1. The molecule has 47 heavy (non-hydrogen) atoms. The van der Waals surface area contributed by atoms with Gasteiger partial charge in [-0.05, 0) is 63.5 Å². The van der Waals surface area contributed by atoms with Gasteiger partial charge in [0.05, 0.1) is 56.8 Å². The average molecular weight is 729 g/mol. The van der Waals surface area contributed by atoms with E-state index in [9.17, 15) is 13.2 Å². The number of carbonyl (C=O) groups is 1. The molecule has 0 unspecified atom stereocenters. The van der Waals surface area contributed by atoms with E-state index < -0.39 is 22.5 Å². The van der Waals surface area contributed by atoms with Gasteiger partial charge >= 0.3 is 0 Å². The SMILES string of the molecule is COc1ccc(OC)c(N(CC(=O)N/N=C\c2cc(Br)c(OCc3ccccc3)c(OC)c2)S(=O)(=O)c2ccc(OC)c(OC)c2)c1. The van der Waals surface area contributed by atoms with Gasteiger partial charge in [0, 0.05) is 12.1 Å². The molecule has 14 heteroatoms. The Kier molecular flexibility index (Phi) is 11.9. The summed E-state index contributed by atoms with van der Waals surface area (Å²) in [5.74, 6) is 1.28. The monoisotopic (exact) mass is 727 g/mol. The van der Waals surface area contributed by atoms with Gasteiger partial charge in [0.1, 0.15) is 24.7 Å². The van der Waals surface area contributed by atoms with Gasteiger partial charge in [-0.1, -0.05) is 30.3 Å². The van der Waals surface area contributed by atoms with Crippen molar-refractivity contribution in [2.45, 2.75) is 11.5 Å². The number of methoxy groups -OCH3 is 5. The molecule has 12 nitrogen and oxygen atoms in total. The van der Waals surface area contributed by atoms with Crippen molar-refractivity contribution < 1.29 is 41.6 Å². The van der Waals surface area contributed by atoms with Crippen LogP contribution in [0, 0.1) is 0 Å². The number of rotatable bonds is 15. The largest absolute Gasteiger partial charge is 0.497 e. The van der Waals surface area contributed by atoms with Gasteiger partial charge in [-0.2, -0.15) is 5.10 Å². The van der Waals surface area contributed by atoms with Gasteiger partial charge in [-0.3, -0.25) is 9.10 Å². The average Bonchev–Trinajstić information content (AvgIpc) is 3.09. The number of amides is 1. The van der Waals surface area contributed by atoms with Gasteiger partial charge in [0.2, 0.25) is 0 Å². The number of ether oxygens (including phenoxy) is 6. The van der Waals surface area contributed by atoms with Gasteiger partial charge in [-0.15, -0.1) is 0 Å². The van der Waals surface area contributed by atoms with E-state index in [-0.39, 0.29) is 22.1 Å². The first-order chi connectivity index (χ1) is 22.6. The summed E-state index contributed by atoms with van der Waals surface area (Å²) >= 11 is 3.51. The summed E-state index contributed by atoms with van der Waals surface area (Å²) in [5, 5.41) is 4.05. The predicted molar refractivity (Wildman–Crippen MR) is 181 cm³/mol. The van der Waals surface area contributed by atoms with E-state index >= 15 is 0 Å². The lowest BCUT2D eigenvalue weighted by molar-refractivity contribution is -0.119. The molecule has 4 aromatic carbocycles. The molecule has 0 radical (unpaired) electrons. The molecular formula is C33H34BrN3O9S. The van der Waals surface area contributed by atoms with Crippen molar-refractivity contribution in [2.75, 3.05) is 46.4 Å². The lowest BCUT2D eigenvalue weighted by Gasteiger charge is -2.26. The summed E-state index contributed by atoms with van der Waals surface area (Å²) in [5.41, 5.74) is 4.03. The predicted octanol–water partition coefficient (Wildman–Crippen LogP) is 5.42. The number of hydrazone groups is 1. The quantitative estimate of drug-likeness (QED) is 0.126. The lowest BCUT2D eigenvalue weighted by atomic mass is 10.2. The Morgan fingerprint density at radius 1 is 0.809 bits per heavy atom. The molecule has 0 aromatic heterocycles. The minimum atomic E-state index is -4.37. The van der Waals surface area contributed by atoms with Crippen molar-refractivity contribution in [3.8, 4) is 34.5 Å². The molecule has 0 saturated carbocycles. The Bertz CT molecular complexity index is 1840. The summed E-state index contributed by atoms with van der Waals surface area (Å²) in [6.07, 6.45) is 1.39. The zero-order chi connectivity index (χ0) is 34.0. The molecule has 0 bridgehead atoms. The molecule has 4 aromatic rings. The molecule has 0 aliphatic heterocycles. The van der Waals surface area contributed by atoms with Crippen molar-refractivity contribution in [3.05, 3.63) is 94.5 Å². The standard InChI is InChI=1S/C33H34BrN3O9S/c1-41-24-11-13-28(42-2)27(17-24)37(47(39,40)25-12-14-29(43-3)30(18-25)44-4)20-32(38)36-35-19-23-15-26(34)33(31(16-23)45-5)46-21-22-9-7-6-8-10-22/h6-19H,20-21H2,1-5H3,(H,36,38)/b35-19-. The number of hydrogen-bond donors (Lipinski definition) is 1. The molecule has 0 saturated heterocycles. The molecule has 0 spiro atoms. The summed E-state index contributed by atoms with van der Waals surface area (Å²) < 4.78 is 62.5. The zero-order valence-corrected chi connectivity index (χ0v) is 28.8. The van der Waals surface area contributed by atoms with Crippen LogP contribution in [-0.4, -0.2) is 62.6 Å². The van der Waals surface area contributed by atoms with Gasteiger partial charge in [0.15, 0.2) is 23.0 Å². The Morgan fingerprint density at radius 3 is 2.15 bits per heavy atom. The highest BCUT2D eigenvalue weighted by atomic mass is 79.9. The van der Waals surface area contributed by atoms with Crippen molar-refractivity contribution in [3.63, 3.8) is 0 Å². The molecule has 0 fully saturated rings. The molecule has 0 aliphatic rings. The first-order valence-electron chi connectivity index (χ1n) is 14.0. The van der Waals surface area contributed by atoms with Gasteiger partial charge < -0.3 is 28.4 Å². The number of anilines is 1. The Morgan fingerprint density at radius 2 is 1.49 bits per heavy atom. The maximum atomic E-state index is 14.1. The molecular weight excluding hydrogens is 694 g/mol. The number of carbonyl (C=O) groups excluding carboxylic acids is 1. The lowest BCUT2D eigenvalue weighted by Crippen LogP contribution is -2.39. The maximum absolute atomic E-state index is 14.1. The van der Waals surface area contributed by atoms with Crippen LogP contribution in [0.1, 0.15) is 11.1 Å². The number of nitrogens with zero attached hydrogens (tertiary/aromatic N) is 2. The second kappa shape index (κ2) is 16.1. The summed E-state index contributed by atoms with van der Waals surface area (Å²) in [7, 11) is 2.80. The highest BCUT2D eigenvalue weighted by molar-refractivity contribution is 9.10. The van der Waals surface area contributed by atoms with E-state index in [4.69, 9.17) is 28.4 Å². The molecule has 0 atom stereocenters.